The normalized spacial score (nSPS) is 12.3. The summed E-state index contributed by atoms with van der Waals surface area (Å²) in [5.41, 5.74) is 3.76. The van der Waals surface area contributed by atoms with E-state index in [1.165, 1.54) is 0 Å². The zero-order valence-corrected chi connectivity index (χ0v) is 21.1. The average molecular weight is 489 g/mol. The van der Waals surface area contributed by atoms with Crippen LogP contribution in [0.25, 0.3) is 0 Å². The minimum absolute atomic E-state index is 0.132. The number of halogens is 1. The topological polar surface area (TPSA) is 58.6 Å². The molecule has 0 saturated carbocycles. The molecule has 168 valence electrons. The van der Waals surface area contributed by atoms with Gasteiger partial charge in [-0.25, -0.2) is 0 Å². The Balaban J connectivity index is 2.22. The predicted octanol–water partition coefficient (Wildman–Crippen LogP) is 5.09. The fourth-order valence-corrected chi connectivity index (χ4v) is 3.48. The van der Waals surface area contributed by atoms with Gasteiger partial charge in [0, 0.05) is 16.6 Å². The van der Waals surface area contributed by atoms with Gasteiger partial charge in [0.05, 0.1) is 0 Å². The summed E-state index contributed by atoms with van der Waals surface area (Å²) in [5, 5.41) is 2.97. The average Bonchev–Trinajstić information content (AvgIpc) is 2.67. The molecule has 2 rings (SSSR count). The van der Waals surface area contributed by atoms with Gasteiger partial charge in [-0.1, -0.05) is 34.1 Å². The number of aryl methyl sites for hydroxylation is 2. The van der Waals surface area contributed by atoms with Crippen LogP contribution in [0.1, 0.15) is 49.9 Å². The molecule has 0 aliphatic carbocycles. The van der Waals surface area contributed by atoms with E-state index in [0.29, 0.717) is 12.3 Å². The van der Waals surface area contributed by atoms with Gasteiger partial charge in [-0.15, -0.1) is 0 Å². The molecular formula is C25H33BrN2O3. The van der Waals surface area contributed by atoms with Crippen LogP contribution >= 0.6 is 15.9 Å². The second kappa shape index (κ2) is 10.3. The summed E-state index contributed by atoms with van der Waals surface area (Å²) in [6, 6.07) is 11.1. The molecule has 0 saturated heterocycles. The second-order valence-electron chi connectivity index (χ2n) is 9.06. The van der Waals surface area contributed by atoms with Gasteiger partial charge in [0.25, 0.3) is 5.91 Å². The predicted molar refractivity (Wildman–Crippen MR) is 128 cm³/mol. The van der Waals surface area contributed by atoms with Crippen molar-refractivity contribution in [1.82, 2.24) is 10.2 Å². The van der Waals surface area contributed by atoms with E-state index >= 15 is 0 Å². The molecule has 5 nitrogen and oxygen atoms in total. The lowest BCUT2D eigenvalue weighted by molar-refractivity contribution is -0.142. The second-order valence-corrected chi connectivity index (χ2v) is 9.97. The number of hydrogen-bond acceptors (Lipinski definition) is 3. The van der Waals surface area contributed by atoms with Crippen LogP contribution in [0.2, 0.25) is 0 Å². The quantitative estimate of drug-likeness (QED) is 0.590. The number of benzene rings is 2. The van der Waals surface area contributed by atoms with Crippen molar-refractivity contribution < 1.29 is 14.3 Å². The number of carbonyl (C=O) groups excluding carboxylic acids is 2. The lowest BCUT2D eigenvalue weighted by atomic mass is 10.1. The maximum atomic E-state index is 13.2. The van der Waals surface area contributed by atoms with E-state index in [1.807, 2.05) is 71.9 Å². The molecule has 0 aromatic heterocycles. The number of amides is 2. The summed E-state index contributed by atoms with van der Waals surface area (Å²) in [7, 11) is 0. The van der Waals surface area contributed by atoms with Crippen molar-refractivity contribution in [2.75, 3.05) is 6.61 Å². The molecule has 6 heteroatoms. The van der Waals surface area contributed by atoms with Crippen LogP contribution in [0.3, 0.4) is 0 Å². The molecule has 2 aromatic rings. The number of carbonyl (C=O) groups is 2. The first-order chi connectivity index (χ1) is 14.4. The molecular weight excluding hydrogens is 456 g/mol. The third-order valence-electron chi connectivity index (χ3n) is 5.05. The first-order valence-corrected chi connectivity index (χ1v) is 11.2. The lowest BCUT2D eigenvalue weighted by Crippen LogP contribution is -2.53. The maximum Gasteiger partial charge on any atom is 0.261 e. The zero-order valence-electron chi connectivity index (χ0n) is 19.5. The summed E-state index contributed by atoms with van der Waals surface area (Å²) in [5.74, 6) is 0.264. The van der Waals surface area contributed by atoms with E-state index in [2.05, 4.69) is 27.3 Å². The molecule has 31 heavy (non-hydrogen) atoms. The standard InChI is InChI=1S/C25H33BrN2O3/c1-16-12-17(2)18(3)22(13-16)31-15-23(29)28(14-20-8-10-21(26)11-9-20)19(4)24(30)27-25(5,6)7/h8-13,19H,14-15H2,1-7H3,(H,27,30)/t19-/m1/s1. The van der Waals surface area contributed by atoms with Gasteiger partial charge in [-0.3, -0.25) is 9.59 Å². The van der Waals surface area contributed by atoms with Crippen LogP contribution in [0.4, 0.5) is 0 Å². The Kier molecular flexibility index (Phi) is 8.29. The highest BCUT2D eigenvalue weighted by atomic mass is 79.9. The van der Waals surface area contributed by atoms with E-state index < -0.39 is 6.04 Å². The number of nitrogens with zero attached hydrogens (tertiary/aromatic N) is 1. The van der Waals surface area contributed by atoms with Gasteiger partial charge < -0.3 is 15.0 Å². The molecule has 0 unspecified atom stereocenters. The van der Waals surface area contributed by atoms with Crippen LogP contribution in [0, 0.1) is 20.8 Å². The largest absolute Gasteiger partial charge is 0.483 e. The Hall–Kier alpha value is -2.34. The van der Waals surface area contributed by atoms with E-state index in [4.69, 9.17) is 4.74 Å². The number of nitrogens with one attached hydrogen (secondary N) is 1. The number of ether oxygens (including phenoxy) is 1. The van der Waals surface area contributed by atoms with Gasteiger partial charge >= 0.3 is 0 Å². The summed E-state index contributed by atoms with van der Waals surface area (Å²) >= 11 is 3.43. The van der Waals surface area contributed by atoms with Crippen LogP contribution in [-0.4, -0.2) is 34.9 Å². The summed E-state index contributed by atoms with van der Waals surface area (Å²) < 4.78 is 6.86. The molecule has 0 heterocycles. The van der Waals surface area contributed by atoms with Crippen molar-refractivity contribution >= 4 is 27.7 Å². The summed E-state index contributed by atoms with van der Waals surface area (Å²) in [6.07, 6.45) is 0. The van der Waals surface area contributed by atoms with Crippen molar-refractivity contribution in [3.8, 4) is 5.75 Å². The highest BCUT2D eigenvalue weighted by Crippen LogP contribution is 2.23. The van der Waals surface area contributed by atoms with Crippen molar-refractivity contribution in [3.05, 3.63) is 63.1 Å². The Bertz CT molecular complexity index is 933. The molecule has 2 aromatic carbocycles. The molecule has 0 aliphatic rings. The first-order valence-electron chi connectivity index (χ1n) is 10.4. The first kappa shape index (κ1) is 24.9. The fraction of sp³-hybridized carbons (Fsp3) is 0.440. The third-order valence-corrected chi connectivity index (χ3v) is 5.58. The Labute approximate surface area is 194 Å². The summed E-state index contributed by atoms with van der Waals surface area (Å²) in [4.78, 5) is 27.6. The van der Waals surface area contributed by atoms with E-state index in [-0.39, 0.29) is 24.0 Å². The maximum absolute atomic E-state index is 13.2. The van der Waals surface area contributed by atoms with E-state index in [1.54, 1.807) is 11.8 Å². The number of rotatable bonds is 7. The molecule has 0 aliphatic heterocycles. The molecule has 1 atom stereocenters. The van der Waals surface area contributed by atoms with Crippen molar-refractivity contribution in [2.45, 2.75) is 66.6 Å². The molecule has 0 bridgehead atoms. The van der Waals surface area contributed by atoms with Crippen molar-refractivity contribution in [1.29, 1.82) is 0 Å². The SMILES string of the molecule is Cc1cc(C)c(C)c(OCC(=O)N(Cc2ccc(Br)cc2)[C@H](C)C(=O)NC(C)(C)C)c1. The minimum Gasteiger partial charge on any atom is -0.483 e. The van der Waals surface area contributed by atoms with E-state index in [0.717, 1.165) is 26.7 Å². The minimum atomic E-state index is -0.640. The van der Waals surface area contributed by atoms with Gasteiger partial charge in [-0.2, -0.15) is 0 Å². The lowest BCUT2D eigenvalue weighted by Gasteiger charge is -2.31. The van der Waals surface area contributed by atoms with Gasteiger partial charge in [-0.05, 0) is 88.9 Å². The molecule has 0 spiro atoms. The zero-order chi connectivity index (χ0) is 23.3. The van der Waals surface area contributed by atoms with Crippen LogP contribution in [-0.2, 0) is 16.1 Å². The van der Waals surface area contributed by atoms with Crippen molar-refractivity contribution in [2.24, 2.45) is 0 Å². The van der Waals surface area contributed by atoms with Gasteiger partial charge in [0.1, 0.15) is 11.8 Å². The van der Waals surface area contributed by atoms with Crippen LogP contribution in [0.5, 0.6) is 5.75 Å². The highest BCUT2D eigenvalue weighted by Gasteiger charge is 2.28. The van der Waals surface area contributed by atoms with Gasteiger partial charge in [0.15, 0.2) is 6.61 Å². The fourth-order valence-electron chi connectivity index (χ4n) is 3.22. The highest BCUT2D eigenvalue weighted by molar-refractivity contribution is 9.10. The monoisotopic (exact) mass is 488 g/mol. The smallest absolute Gasteiger partial charge is 0.261 e. The summed E-state index contributed by atoms with van der Waals surface area (Å²) in [6.45, 7) is 13.7. The molecule has 2 amide bonds. The van der Waals surface area contributed by atoms with Crippen molar-refractivity contribution in [3.63, 3.8) is 0 Å². The Morgan fingerprint density at radius 1 is 1.10 bits per heavy atom. The number of hydrogen-bond donors (Lipinski definition) is 1. The Morgan fingerprint density at radius 3 is 2.29 bits per heavy atom. The van der Waals surface area contributed by atoms with Crippen LogP contribution in [0.15, 0.2) is 40.9 Å². The van der Waals surface area contributed by atoms with Gasteiger partial charge in [0.2, 0.25) is 5.91 Å². The third kappa shape index (κ3) is 7.39. The molecule has 1 N–H and O–H groups in total. The molecule has 0 fully saturated rings. The van der Waals surface area contributed by atoms with Crippen LogP contribution < -0.4 is 10.1 Å². The Morgan fingerprint density at radius 2 is 1.71 bits per heavy atom. The molecule has 0 radical (unpaired) electrons. The van der Waals surface area contributed by atoms with E-state index in [9.17, 15) is 9.59 Å².